The molecule has 0 aliphatic heterocycles. The van der Waals surface area contributed by atoms with Crippen molar-refractivity contribution in [3.05, 3.63) is 29.0 Å². The van der Waals surface area contributed by atoms with E-state index in [-0.39, 0.29) is 0 Å². The van der Waals surface area contributed by atoms with E-state index in [0.29, 0.717) is 11.5 Å². The fraction of sp³-hybridized carbons (Fsp3) is 0.462. The zero-order chi connectivity index (χ0) is 13.1. The molecule has 0 bridgehead atoms. The van der Waals surface area contributed by atoms with Crippen LogP contribution in [0.15, 0.2) is 18.2 Å². The van der Waals surface area contributed by atoms with Gasteiger partial charge in [-0.2, -0.15) is 0 Å². The third-order valence-corrected chi connectivity index (χ3v) is 2.34. The molecular weight excluding hydrogens is 218 g/mol. The summed E-state index contributed by atoms with van der Waals surface area (Å²) in [5.41, 5.74) is 0.334. The highest BCUT2D eigenvalue weighted by molar-refractivity contribution is 5.77. The Kier molecular flexibility index (Phi) is 3.99. The lowest BCUT2D eigenvalue weighted by Crippen LogP contribution is -2.29. The lowest BCUT2D eigenvalue weighted by atomic mass is 10.1. The minimum Gasteiger partial charge on any atom is -0.623 e. The Bertz CT molecular complexity index is 419. The summed E-state index contributed by atoms with van der Waals surface area (Å²) in [6.45, 7) is 5.58. The summed E-state index contributed by atoms with van der Waals surface area (Å²) in [7, 11) is 3.15. The van der Waals surface area contributed by atoms with Gasteiger partial charge >= 0.3 is 0 Å². The summed E-state index contributed by atoms with van der Waals surface area (Å²) in [6, 6.07) is 5.37. The van der Waals surface area contributed by atoms with Crippen molar-refractivity contribution in [2.45, 2.75) is 26.3 Å². The van der Waals surface area contributed by atoms with Crippen molar-refractivity contribution < 1.29 is 14.2 Å². The second kappa shape index (κ2) is 5.08. The van der Waals surface area contributed by atoms with Gasteiger partial charge in [-0.05, 0) is 18.2 Å². The molecule has 0 spiro atoms. The first-order chi connectivity index (χ1) is 7.88. The van der Waals surface area contributed by atoms with Crippen LogP contribution in [0.25, 0.3) is 0 Å². The van der Waals surface area contributed by atoms with Gasteiger partial charge in [0.2, 0.25) is 0 Å². The van der Waals surface area contributed by atoms with Crippen molar-refractivity contribution in [1.29, 1.82) is 0 Å². The van der Waals surface area contributed by atoms with E-state index in [0.717, 1.165) is 10.3 Å². The van der Waals surface area contributed by atoms with Gasteiger partial charge in [0, 0.05) is 26.3 Å². The molecule has 4 heteroatoms. The molecule has 0 heterocycles. The molecule has 0 unspecified atom stereocenters. The van der Waals surface area contributed by atoms with E-state index < -0.39 is 5.54 Å². The first-order valence-electron chi connectivity index (χ1n) is 5.42. The van der Waals surface area contributed by atoms with Gasteiger partial charge in [-0.1, -0.05) is 0 Å². The number of benzene rings is 1. The number of hydrogen-bond donors (Lipinski definition) is 0. The van der Waals surface area contributed by atoms with Crippen LogP contribution >= 0.6 is 0 Å². The van der Waals surface area contributed by atoms with Gasteiger partial charge in [-0.25, -0.2) is 4.74 Å². The molecule has 0 amide bonds. The standard InChI is InChI=1S/C13H19NO3/c1-13(2,3)14(15)9-10-6-7-11(16-4)12(8-10)17-5/h6-9H,1-5H3/b14-9-. The zero-order valence-electron chi connectivity index (χ0n) is 11.0. The predicted octanol–water partition coefficient (Wildman–Crippen LogP) is 2.43. The maximum Gasteiger partial charge on any atom is 0.182 e. The molecule has 0 N–H and O–H groups in total. The average Bonchev–Trinajstić information content (AvgIpc) is 2.27. The Hall–Kier alpha value is -1.71. The predicted molar refractivity (Wildman–Crippen MR) is 68.1 cm³/mol. The summed E-state index contributed by atoms with van der Waals surface area (Å²) < 4.78 is 11.2. The molecule has 0 atom stereocenters. The van der Waals surface area contributed by atoms with Crippen molar-refractivity contribution >= 4 is 6.21 Å². The van der Waals surface area contributed by atoms with E-state index in [9.17, 15) is 5.21 Å². The Morgan fingerprint density at radius 2 is 1.71 bits per heavy atom. The Balaban J connectivity index is 3.09. The normalized spacial score (nSPS) is 12.4. The van der Waals surface area contributed by atoms with Crippen LogP contribution in [0, 0.1) is 5.21 Å². The van der Waals surface area contributed by atoms with E-state index in [2.05, 4.69) is 0 Å². The topological polar surface area (TPSA) is 44.5 Å². The number of rotatable bonds is 3. The van der Waals surface area contributed by atoms with Gasteiger partial charge in [0.15, 0.2) is 23.3 Å². The van der Waals surface area contributed by atoms with Crippen LogP contribution in [-0.4, -0.2) is 30.7 Å². The average molecular weight is 237 g/mol. The van der Waals surface area contributed by atoms with Crippen LogP contribution in [-0.2, 0) is 0 Å². The second-order valence-corrected chi connectivity index (χ2v) is 4.74. The zero-order valence-corrected chi connectivity index (χ0v) is 11.0. The lowest BCUT2D eigenvalue weighted by molar-refractivity contribution is -0.530. The number of nitrogens with zero attached hydrogens (tertiary/aromatic N) is 1. The lowest BCUT2D eigenvalue weighted by Gasteiger charge is -2.18. The maximum absolute atomic E-state index is 11.8. The minimum atomic E-state index is -0.451. The molecule has 0 saturated carbocycles. The molecule has 0 aliphatic rings. The Morgan fingerprint density at radius 3 is 2.18 bits per heavy atom. The highest BCUT2D eigenvalue weighted by Gasteiger charge is 2.18. The third kappa shape index (κ3) is 3.37. The fourth-order valence-corrected chi connectivity index (χ4v) is 1.26. The van der Waals surface area contributed by atoms with Crippen LogP contribution < -0.4 is 9.47 Å². The summed E-state index contributed by atoms with van der Waals surface area (Å²) >= 11 is 0. The van der Waals surface area contributed by atoms with Gasteiger partial charge in [0.25, 0.3) is 0 Å². The molecule has 94 valence electrons. The monoisotopic (exact) mass is 237 g/mol. The minimum absolute atomic E-state index is 0.451. The first kappa shape index (κ1) is 13.4. The number of hydrogen-bond acceptors (Lipinski definition) is 3. The SMILES string of the molecule is COc1ccc(/C=[N+](\[O-])C(C)(C)C)cc1OC. The molecule has 4 nitrogen and oxygen atoms in total. The van der Waals surface area contributed by atoms with E-state index in [1.54, 1.807) is 32.6 Å². The number of methoxy groups -OCH3 is 2. The number of ether oxygens (including phenoxy) is 2. The summed E-state index contributed by atoms with van der Waals surface area (Å²) in [5, 5.41) is 11.8. The third-order valence-electron chi connectivity index (χ3n) is 2.34. The van der Waals surface area contributed by atoms with Gasteiger partial charge < -0.3 is 14.7 Å². The van der Waals surface area contributed by atoms with Gasteiger partial charge in [-0.3, -0.25) is 0 Å². The summed E-state index contributed by atoms with van der Waals surface area (Å²) in [4.78, 5) is 0. The molecule has 0 aromatic heterocycles. The molecule has 0 radical (unpaired) electrons. The van der Waals surface area contributed by atoms with Crippen molar-refractivity contribution in [1.82, 2.24) is 0 Å². The summed E-state index contributed by atoms with van der Waals surface area (Å²) in [6.07, 6.45) is 1.54. The molecular formula is C13H19NO3. The molecule has 17 heavy (non-hydrogen) atoms. The van der Waals surface area contributed by atoms with Crippen LogP contribution in [0.3, 0.4) is 0 Å². The van der Waals surface area contributed by atoms with Gasteiger partial charge in [0.1, 0.15) is 0 Å². The molecule has 1 aromatic rings. The van der Waals surface area contributed by atoms with E-state index in [1.165, 1.54) is 0 Å². The Labute approximate surface area is 102 Å². The quantitative estimate of drug-likeness (QED) is 0.351. The smallest absolute Gasteiger partial charge is 0.182 e. The molecule has 1 aromatic carbocycles. The molecule has 0 aliphatic carbocycles. The van der Waals surface area contributed by atoms with Crippen LogP contribution in [0.4, 0.5) is 0 Å². The fourth-order valence-electron chi connectivity index (χ4n) is 1.26. The van der Waals surface area contributed by atoms with Gasteiger partial charge in [0.05, 0.1) is 14.2 Å². The van der Waals surface area contributed by atoms with E-state index >= 15 is 0 Å². The highest BCUT2D eigenvalue weighted by Crippen LogP contribution is 2.27. The van der Waals surface area contributed by atoms with Gasteiger partial charge in [-0.15, -0.1) is 0 Å². The van der Waals surface area contributed by atoms with Crippen molar-refractivity contribution in [2.24, 2.45) is 0 Å². The van der Waals surface area contributed by atoms with Crippen LogP contribution in [0.2, 0.25) is 0 Å². The van der Waals surface area contributed by atoms with E-state index in [1.807, 2.05) is 26.8 Å². The van der Waals surface area contributed by atoms with Crippen molar-refractivity contribution in [2.75, 3.05) is 14.2 Å². The van der Waals surface area contributed by atoms with Crippen molar-refractivity contribution in [3.8, 4) is 11.5 Å². The molecule has 0 fully saturated rings. The number of hydroxylamine groups is 1. The Morgan fingerprint density at radius 1 is 1.12 bits per heavy atom. The molecule has 1 rings (SSSR count). The maximum atomic E-state index is 11.8. The van der Waals surface area contributed by atoms with E-state index in [4.69, 9.17) is 9.47 Å². The highest BCUT2D eigenvalue weighted by atomic mass is 16.5. The molecule has 0 saturated heterocycles. The van der Waals surface area contributed by atoms with Crippen molar-refractivity contribution in [3.63, 3.8) is 0 Å². The first-order valence-corrected chi connectivity index (χ1v) is 5.42. The van der Waals surface area contributed by atoms with Crippen LogP contribution in [0.1, 0.15) is 26.3 Å². The largest absolute Gasteiger partial charge is 0.623 e. The summed E-state index contributed by atoms with van der Waals surface area (Å²) in [5.74, 6) is 1.27. The second-order valence-electron chi connectivity index (χ2n) is 4.74. The van der Waals surface area contributed by atoms with Crippen LogP contribution in [0.5, 0.6) is 11.5 Å².